The first kappa shape index (κ1) is 24.6. The number of phenols is 1. The van der Waals surface area contributed by atoms with Crippen LogP contribution in [0.5, 0.6) is 5.75 Å². The second-order valence-corrected chi connectivity index (χ2v) is 10.5. The Labute approximate surface area is 205 Å². The van der Waals surface area contributed by atoms with Gasteiger partial charge in [0.05, 0.1) is 6.04 Å². The van der Waals surface area contributed by atoms with Crippen molar-refractivity contribution in [3.63, 3.8) is 0 Å². The maximum atomic E-state index is 13.7. The molecule has 35 heavy (non-hydrogen) atoms. The summed E-state index contributed by atoms with van der Waals surface area (Å²) in [6.45, 7) is 5.45. The van der Waals surface area contributed by atoms with Gasteiger partial charge in [-0.1, -0.05) is 51.1 Å². The topological polar surface area (TPSA) is 119 Å². The third-order valence-electron chi connectivity index (χ3n) is 6.97. The van der Waals surface area contributed by atoms with Crippen molar-refractivity contribution in [1.29, 1.82) is 0 Å². The fourth-order valence-electron chi connectivity index (χ4n) is 5.15. The van der Waals surface area contributed by atoms with E-state index in [-0.39, 0.29) is 30.7 Å². The molecule has 0 saturated carbocycles. The minimum atomic E-state index is -1.30. The van der Waals surface area contributed by atoms with Crippen LogP contribution < -0.4 is 10.6 Å². The van der Waals surface area contributed by atoms with Gasteiger partial charge in [0.15, 0.2) is 0 Å². The molecule has 0 bridgehead atoms. The van der Waals surface area contributed by atoms with Crippen molar-refractivity contribution >= 4 is 17.9 Å². The van der Waals surface area contributed by atoms with E-state index in [1.807, 2.05) is 18.2 Å². The molecule has 1 unspecified atom stereocenters. The number of carbonyl (C=O) groups is 3. The molecule has 0 fully saturated rings. The van der Waals surface area contributed by atoms with Crippen LogP contribution in [0.3, 0.4) is 0 Å². The molecule has 1 aliphatic heterocycles. The molecule has 0 radical (unpaired) electrons. The van der Waals surface area contributed by atoms with Crippen LogP contribution >= 0.6 is 0 Å². The van der Waals surface area contributed by atoms with Crippen LogP contribution in [-0.2, 0) is 29.0 Å². The second-order valence-electron chi connectivity index (χ2n) is 10.5. The summed E-state index contributed by atoms with van der Waals surface area (Å²) in [6, 6.07) is 11.1. The highest BCUT2D eigenvalue weighted by Gasteiger charge is 2.42. The molecule has 8 nitrogen and oxygen atoms in total. The van der Waals surface area contributed by atoms with Gasteiger partial charge in [-0.05, 0) is 59.1 Å². The number of carbonyl (C=O) groups excluding carboxylic acids is 2. The first-order valence-corrected chi connectivity index (χ1v) is 12.0. The summed E-state index contributed by atoms with van der Waals surface area (Å²) >= 11 is 0. The van der Waals surface area contributed by atoms with Crippen LogP contribution in [-0.4, -0.2) is 45.1 Å². The molecular formula is C27H33N3O5. The van der Waals surface area contributed by atoms with Crippen molar-refractivity contribution in [3.8, 4) is 5.75 Å². The Morgan fingerprint density at radius 2 is 1.80 bits per heavy atom. The Morgan fingerprint density at radius 3 is 2.51 bits per heavy atom. The quantitative estimate of drug-likeness (QED) is 0.535. The van der Waals surface area contributed by atoms with Crippen molar-refractivity contribution in [2.45, 2.75) is 71.1 Å². The number of nitrogens with zero attached hydrogens (tertiary/aromatic N) is 1. The fraction of sp³-hybridized carbons (Fsp3) is 0.444. The van der Waals surface area contributed by atoms with Gasteiger partial charge in [-0.3, -0.25) is 9.59 Å². The number of hydrogen-bond acceptors (Lipinski definition) is 4. The first-order valence-electron chi connectivity index (χ1n) is 12.0. The molecule has 186 valence electrons. The SMILES string of the molecule is CC(C)(C)C(NC(=O)O)C(=O)N1Cc2cc(O)ccc2C[C@H]1C(=O)N[C@@H]1CCCc2ccccc21. The molecule has 8 heteroatoms. The van der Waals surface area contributed by atoms with Gasteiger partial charge in [0.2, 0.25) is 11.8 Å². The predicted molar refractivity (Wildman–Crippen MR) is 131 cm³/mol. The molecule has 0 aromatic heterocycles. The third-order valence-corrected chi connectivity index (χ3v) is 6.97. The smallest absolute Gasteiger partial charge is 0.405 e. The van der Waals surface area contributed by atoms with Crippen LogP contribution in [0.1, 0.15) is 61.9 Å². The number of amides is 3. The molecule has 3 atom stereocenters. The van der Waals surface area contributed by atoms with Crippen LogP contribution in [0, 0.1) is 5.41 Å². The molecule has 1 heterocycles. The predicted octanol–water partition coefficient (Wildman–Crippen LogP) is 3.52. The van der Waals surface area contributed by atoms with E-state index >= 15 is 0 Å². The number of fused-ring (bicyclic) bond motifs is 2. The number of hydrogen-bond donors (Lipinski definition) is 4. The second kappa shape index (κ2) is 9.60. The zero-order chi connectivity index (χ0) is 25.3. The van der Waals surface area contributed by atoms with Crippen molar-refractivity contribution in [2.75, 3.05) is 0 Å². The lowest BCUT2D eigenvalue weighted by Crippen LogP contribution is -2.60. The molecular weight excluding hydrogens is 446 g/mol. The maximum absolute atomic E-state index is 13.7. The normalized spacial score (nSPS) is 20.3. The van der Waals surface area contributed by atoms with Crippen LogP contribution in [0.15, 0.2) is 42.5 Å². The summed E-state index contributed by atoms with van der Waals surface area (Å²) in [5.41, 5.74) is 3.24. The fourth-order valence-corrected chi connectivity index (χ4v) is 5.15. The minimum absolute atomic E-state index is 0.0777. The van der Waals surface area contributed by atoms with Crippen LogP contribution in [0.25, 0.3) is 0 Å². The average Bonchev–Trinajstić information content (AvgIpc) is 2.80. The molecule has 4 rings (SSSR count). The van der Waals surface area contributed by atoms with E-state index in [4.69, 9.17) is 0 Å². The standard InChI is InChI=1S/C27H33N3O5/c1-27(2,3)23(29-26(34)35)25(33)30-15-18-13-19(31)12-11-17(18)14-22(30)24(32)28-21-10-6-8-16-7-4-5-9-20(16)21/h4-5,7,9,11-13,21-23,29,31H,6,8,10,14-15H2,1-3H3,(H,28,32)(H,34,35)/t21-,22+,23?/m1/s1. The monoisotopic (exact) mass is 479 g/mol. The van der Waals surface area contributed by atoms with Gasteiger partial charge in [-0.25, -0.2) is 4.79 Å². The number of nitrogens with one attached hydrogen (secondary N) is 2. The van der Waals surface area contributed by atoms with Gasteiger partial charge in [0.1, 0.15) is 17.8 Å². The van der Waals surface area contributed by atoms with Gasteiger partial charge in [0.25, 0.3) is 0 Å². The molecule has 0 saturated heterocycles. The highest BCUT2D eigenvalue weighted by atomic mass is 16.4. The summed E-state index contributed by atoms with van der Waals surface area (Å²) in [5.74, 6) is -0.645. The summed E-state index contributed by atoms with van der Waals surface area (Å²) in [5, 5.41) is 24.9. The summed E-state index contributed by atoms with van der Waals surface area (Å²) < 4.78 is 0. The third kappa shape index (κ3) is 5.26. The van der Waals surface area contributed by atoms with Crippen LogP contribution in [0.4, 0.5) is 4.79 Å². The number of carboxylic acid groups (broad SMARTS) is 1. The lowest BCUT2D eigenvalue weighted by molar-refractivity contribution is -0.145. The number of aryl methyl sites for hydroxylation is 1. The lowest BCUT2D eigenvalue weighted by atomic mass is 9.84. The number of rotatable bonds is 4. The zero-order valence-electron chi connectivity index (χ0n) is 20.4. The molecule has 1 aliphatic carbocycles. The Kier molecular flexibility index (Phi) is 6.74. The van der Waals surface area contributed by atoms with Gasteiger partial charge < -0.3 is 25.7 Å². The zero-order valence-corrected chi connectivity index (χ0v) is 20.4. The Balaban J connectivity index is 1.66. The van der Waals surface area contributed by atoms with E-state index < -0.39 is 29.5 Å². The minimum Gasteiger partial charge on any atom is -0.508 e. The number of benzene rings is 2. The van der Waals surface area contributed by atoms with Crippen molar-refractivity contribution in [1.82, 2.24) is 15.5 Å². The highest BCUT2D eigenvalue weighted by Crippen LogP contribution is 2.32. The van der Waals surface area contributed by atoms with E-state index in [0.717, 1.165) is 36.0 Å². The van der Waals surface area contributed by atoms with E-state index in [9.17, 15) is 24.6 Å². The van der Waals surface area contributed by atoms with Crippen molar-refractivity contribution < 1.29 is 24.6 Å². The summed E-state index contributed by atoms with van der Waals surface area (Å²) in [4.78, 5) is 40.4. The largest absolute Gasteiger partial charge is 0.508 e. The van der Waals surface area contributed by atoms with E-state index in [1.54, 1.807) is 39.0 Å². The Hall–Kier alpha value is -3.55. The molecule has 2 aliphatic rings. The van der Waals surface area contributed by atoms with E-state index in [2.05, 4.69) is 16.7 Å². The van der Waals surface area contributed by atoms with Crippen molar-refractivity contribution in [2.24, 2.45) is 5.41 Å². The molecule has 0 spiro atoms. The van der Waals surface area contributed by atoms with Gasteiger partial charge in [-0.15, -0.1) is 0 Å². The number of aromatic hydroxyl groups is 1. The van der Waals surface area contributed by atoms with E-state index in [1.165, 1.54) is 10.5 Å². The highest BCUT2D eigenvalue weighted by molar-refractivity contribution is 5.92. The first-order chi connectivity index (χ1) is 16.5. The van der Waals surface area contributed by atoms with Crippen molar-refractivity contribution in [3.05, 3.63) is 64.7 Å². The summed E-state index contributed by atoms with van der Waals surface area (Å²) in [7, 11) is 0. The van der Waals surface area contributed by atoms with Gasteiger partial charge in [0, 0.05) is 13.0 Å². The van der Waals surface area contributed by atoms with Gasteiger partial charge >= 0.3 is 6.09 Å². The van der Waals surface area contributed by atoms with E-state index in [0.29, 0.717) is 0 Å². The lowest BCUT2D eigenvalue weighted by Gasteiger charge is -2.41. The molecule has 2 aromatic carbocycles. The maximum Gasteiger partial charge on any atom is 0.405 e. The number of phenolic OH excluding ortho intramolecular Hbond substituents is 1. The van der Waals surface area contributed by atoms with Crippen LogP contribution in [0.2, 0.25) is 0 Å². The molecule has 4 N–H and O–H groups in total. The van der Waals surface area contributed by atoms with Gasteiger partial charge in [-0.2, -0.15) is 0 Å². The molecule has 3 amide bonds. The Bertz CT molecular complexity index is 1140. The summed E-state index contributed by atoms with van der Waals surface area (Å²) in [6.07, 6.45) is 1.74. The Morgan fingerprint density at radius 1 is 1.06 bits per heavy atom. The molecule has 2 aromatic rings. The average molecular weight is 480 g/mol.